The molecule has 2 aromatic rings. The third-order valence-electron chi connectivity index (χ3n) is 3.50. The summed E-state index contributed by atoms with van der Waals surface area (Å²) in [7, 11) is 0. The molecular weight excluding hydrogens is 452 g/mol. The maximum atomic E-state index is 12.1. The van der Waals surface area contributed by atoms with E-state index in [4.69, 9.17) is 11.6 Å². The number of nitrogens with one attached hydrogen (secondary N) is 2. The molecule has 138 valence electrons. The summed E-state index contributed by atoms with van der Waals surface area (Å²) < 4.78 is 0.922. The van der Waals surface area contributed by atoms with Gasteiger partial charge in [-0.15, -0.1) is 5.10 Å². The van der Waals surface area contributed by atoms with E-state index in [9.17, 15) is 9.59 Å². The molecule has 0 aliphatic carbocycles. The molecule has 1 aliphatic rings. The standard InChI is InChI=1S/C18H14BrClN4O2S/c19-12-3-7-14(8-4-12)22-16(25)9-15-17(26)23-18(27-15)24-21-10-11-1-5-13(20)6-2-11/h1-8,10,15H,9H2,(H,22,25)(H,23,24,26). The van der Waals surface area contributed by atoms with Crippen molar-refractivity contribution in [2.24, 2.45) is 10.2 Å². The van der Waals surface area contributed by atoms with Crippen LogP contribution in [0.5, 0.6) is 0 Å². The highest BCUT2D eigenvalue weighted by Crippen LogP contribution is 2.23. The van der Waals surface area contributed by atoms with Crippen molar-refractivity contribution in [1.82, 2.24) is 5.32 Å². The number of carbonyl (C=O) groups excluding carboxylic acids is 2. The SMILES string of the molecule is O=C(CC1S/C(=N/N=Cc2ccc(Cl)cc2)NC1=O)Nc1ccc(Br)cc1. The predicted molar refractivity (Wildman–Crippen MR) is 113 cm³/mol. The fourth-order valence-electron chi connectivity index (χ4n) is 2.20. The molecule has 0 radical (unpaired) electrons. The molecule has 1 fully saturated rings. The number of benzene rings is 2. The van der Waals surface area contributed by atoms with Gasteiger partial charge in [-0.3, -0.25) is 9.59 Å². The largest absolute Gasteiger partial charge is 0.326 e. The van der Waals surface area contributed by atoms with Gasteiger partial charge in [-0.2, -0.15) is 5.10 Å². The van der Waals surface area contributed by atoms with Gasteiger partial charge < -0.3 is 10.6 Å². The molecule has 1 unspecified atom stereocenters. The lowest BCUT2D eigenvalue weighted by molar-refractivity contribution is -0.122. The second kappa shape index (κ2) is 9.16. The van der Waals surface area contributed by atoms with Crippen molar-refractivity contribution < 1.29 is 9.59 Å². The zero-order valence-corrected chi connectivity index (χ0v) is 17.0. The van der Waals surface area contributed by atoms with E-state index in [-0.39, 0.29) is 18.2 Å². The summed E-state index contributed by atoms with van der Waals surface area (Å²) >= 11 is 10.3. The van der Waals surface area contributed by atoms with Gasteiger partial charge in [0, 0.05) is 21.6 Å². The number of amides is 2. The molecule has 0 saturated carbocycles. The molecule has 0 bridgehead atoms. The average molecular weight is 466 g/mol. The Morgan fingerprint density at radius 1 is 1.22 bits per heavy atom. The normalized spacial score (nSPS) is 18.1. The molecule has 1 saturated heterocycles. The number of carbonyl (C=O) groups is 2. The molecule has 1 aliphatic heterocycles. The number of hydrogen-bond acceptors (Lipinski definition) is 5. The number of halogens is 2. The van der Waals surface area contributed by atoms with Crippen molar-refractivity contribution in [1.29, 1.82) is 0 Å². The van der Waals surface area contributed by atoms with Crippen LogP contribution in [-0.4, -0.2) is 28.4 Å². The van der Waals surface area contributed by atoms with Crippen LogP contribution < -0.4 is 10.6 Å². The van der Waals surface area contributed by atoms with Crippen molar-refractivity contribution in [3.63, 3.8) is 0 Å². The van der Waals surface area contributed by atoms with Crippen LogP contribution in [0.25, 0.3) is 0 Å². The number of amidine groups is 1. The topological polar surface area (TPSA) is 82.9 Å². The Morgan fingerprint density at radius 2 is 1.93 bits per heavy atom. The molecule has 1 heterocycles. The first-order valence-electron chi connectivity index (χ1n) is 7.89. The number of hydrogen-bond donors (Lipinski definition) is 2. The number of thioether (sulfide) groups is 1. The highest BCUT2D eigenvalue weighted by Gasteiger charge is 2.32. The summed E-state index contributed by atoms with van der Waals surface area (Å²) in [5, 5.41) is 13.8. The van der Waals surface area contributed by atoms with Crippen LogP contribution in [0.2, 0.25) is 5.02 Å². The minimum atomic E-state index is -0.537. The molecule has 6 nitrogen and oxygen atoms in total. The molecular formula is C18H14BrClN4O2S. The number of nitrogens with zero attached hydrogens (tertiary/aromatic N) is 2. The summed E-state index contributed by atoms with van der Waals surface area (Å²) in [4.78, 5) is 24.2. The first-order valence-corrected chi connectivity index (χ1v) is 9.94. The zero-order valence-electron chi connectivity index (χ0n) is 13.9. The van der Waals surface area contributed by atoms with Gasteiger partial charge in [0.1, 0.15) is 5.25 Å². The Labute approximate surface area is 173 Å². The lowest BCUT2D eigenvalue weighted by atomic mass is 10.2. The van der Waals surface area contributed by atoms with Gasteiger partial charge >= 0.3 is 0 Å². The first kappa shape index (κ1) is 19.6. The minimum absolute atomic E-state index is 0.0481. The molecule has 0 spiro atoms. The molecule has 1 atom stereocenters. The third kappa shape index (κ3) is 5.92. The Kier molecular flexibility index (Phi) is 6.65. The maximum Gasteiger partial charge on any atom is 0.240 e. The third-order valence-corrected chi connectivity index (χ3v) is 5.35. The predicted octanol–water partition coefficient (Wildman–Crippen LogP) is 4.05. The van der Waals surface area contributed by atoms with Crippen molar-refractivity contribution in [3.05, 3.63) is 63.6 Å². The molecule has 27 heavy (non-hydrogen) atoms. The summed E-state index contributed by atoms with van der Waals surface area (Å²) in [6.07, 6.45) is 1.61. The van der Waals surface area contributed by atoms with Crippen LogP contribution in [-0.2, 0) is 9.59 Å². The Morgan fingerprint density at radius 3 is 2.63 bits per heavy atom. The smallest absolute Gasteiger partial charge is 0.240 e. The lowest BCUT2D eigenvalue weighted by Gasteiger charge is -2.07. The van der Waals surface area contributed by atoms with Crippen LogP contribution in [0.1, 0.15) is 12.0 Å². The van der Waals surface area contributed by atoms with Crippen LogP contribution in [0.15, 0.2) is 63.2 Å². The van der Waals surface area contributed by atoms with Crippen molar-refractivity contribution in [2.45, 2.75) is 11.7 Å². The van der Waals surface area contributed by atoms with E-state index < -0.39 is 5.25 Å². The van der Waals surface area contributed by atoms with Gasteiger partial charge in [-0.05, 0) is 42.0 Å². The number of anilines is 1. The summed E-state index contributed by atoms with van der Waals surface area (Å²) in [6.45, 7) is 0. The average Bonchev–Trinajstić information content (AvgIpc) is 2.98. The summed E-state index contributed by atoms with van der Waals surface area (Å²) in [6, 6.07) is 14.3. The molecule has 2 amide bonds. The second-order valence-electron chi connectivity index (χ2n) is 5.56. The van der Waals surface area contributed by atoms with Crippen molar-refractivity contribution in [3.8, 4) is 0 Å². The summed E-state index contributed by atoms with van der Waals surface area (Å²) in [5.74, 6) is -0.498. The lowest BCUT2D eigenvalue weighted by Crippen LogP contribution is -2.28. The van der Waals surface area contributed by atoms with E-state index in [1.165, 1.54) is 11.8 Å². The van der Waals surface area contributed by atoms with Crippen LogP contribution in [0.3, 0.4) is 0 Å². The van der Waals surface area contributed by atoms with E-state index >= 15 is 0 Å². The van der Waals surface area contributed by atoms with E-state index in [2.05, 4.69) is 36.8 Å². The zero-order chi connectivity index (χ0) is 19.2. The van der Waals surface area contributed by atoms with Gasteiger partial charge in [0.2, 0.25) is 11.8 Å². The molecule has 2 N–H and O–H groups in total. The Hall–Kier alpha value is -2.16. The fraction of sp³-hybridized carbons (Fsp3) is 0.111. The van der Waals surface area contributed by atoms with Crippen molar-refractivity contribution >= 4 is 68.2 Å². The second-order valence-corrected chi connectivity index (χ2v) is 8.10. The first-order chi connectivity index (χ1) is 13.0. The molecule has 9 heteroatoms. The molecule has 0 aromatic heterocycles. The van der Waals surface area contributed by atoms with Gasteiger partial charge in [-0.1, -0.05) is 51.4 Å². The van der Waals surface area contributed by atoms with Gasteiger partial charge in [0.25, 0.3) is 0 Å². The van der Waals surface area contributed by atoms with Gasteiger partial charge in [0.15, 0.2) is 5.17 Å². The molecule has 2 aromatic carbocycles. The quantitative estimate of drug-likeness (QED) is 0.516. The van der Waals surface area contributed by atoms with E-state index in [0.717, 1.165) is 10.0 Å². The monoisotopic (exact) mass is 464 g/mol. The Bertz CT molecular complexity index is 901. The Balaban J connectivity index is 1.54. The minimum Gasteiger partial charge on any atom is -0.326 e. The van der Waals surface area contributed by atoms with Crippen LogP contribution in [0.4, 0.5) is 5.69 Å². The summed E-state index contributed by atoms with van der Waals surface area (Å²) in [5.41, 5.74) is 1.51. The van der Waals surface area contributed by atoms with E-state index in [1.54, 1.807) is 30.5 Å². The maximum absolute atomic E-state index is 12.1. The van der Waals surface area contributed by atoms with Gasteiger partial charge in [0.05, 0.1) is 6.21 Å². The fourth-order valence-corrected chi connectivity index (χ4v) is 3.51. The van der Waals surface area contributed by atoms with E-state index in [1.807, 2.05) is 24.3 Å². The molecule has 3 rings (SSSR count). The van der Waals surface area contributed by atoms with E-state index in [0.29, 0.717) is 15.9 Å². The van der Waals surface area contributed by atoms with Crippen molar-refractivity contribution in [2.75, 3.05) is 5.32 Å². The highest BCUT2D eigenvalue weighted by molar-refractivity contribution is 9.10. The highest BCUT2D eigenvalue weighted by atomic mass is 79.9. The number of rotatable bonds is 5. The van der Waals surface area contributed by atoms with Crippen LogP contribution >= 0.6 is 39.3 Å². The van der Waals surface area contributed by atoms with Gasteiger partial charge in [-0.25, -0.2) is 0 Å². The van der Waals surface area contributed by atoms with Crippen LogP contribution in [0, 0.1) is 0 Å².